The zero-order chi connectivity index (χ0) is 24.7. The molecule has 1 N–H and O–H groups in total. The van der Waals surface area contributed by atoms with E-state index < -0.39 is 22.2 Å². The van der Waals surface area contributed by atoms with Crippen LogP contribution in [0.3, 0.4) is 0 Å². The summed E-state index contributed by atoms with van der Waals surface area (Å²) in [7, 11) is 1.87. The van der Waals surface area contributed by atoms with Gasteiger partial charge in [-0.15, -0.1) is 0 Å². The smallest absolute Gasteiger partial charge is 0.302 e. The van der Waals surface area contributed by atoms with Crippen molar-refractivity contribution in [2.45, 2.75) is 83.6 Å². The second-order valence-electron chi connectivity index (χ2n) is 9.97. The number of likely N-dealkylation sites (N-methyl/N-ethyl adjacent to an activating group) is 1. The number of carbonyl (C=O) groups excluding carboxylic acids is 1. The van der Waals surface area contributed by atoms with Crippen molar-refractivity contribution < 1.29 is 22.8 Å². The Morgan fingerprint density at radius 2 is 1.45 bits per heavy atom. The van der Waals surface area contributed by atoms with Gasteiger partial charge >= 0.3 is 10.2 Å². The molecular formula is C25H45N3O4S. The maximum absolute atomic E-state index is 13.3. The molecule has 0 saturated carbocycles. The number of hydrogen-bond acceptors (Lipinski definition) is 4. The number of quaternary nitrogens is 1. The van der Waals surface area contributed by atoms with Crippen molar-refractivity contribution in [1.29, 1.82) is 0 Å². The van der Waals surface area contributed by atoms with Gasteiger partial charge in [-0.3, -0.25) is 4.72 Å². The molecule has 0 amide bonds. The van der Waals surface area contributed by atoms with E-state index in [4.69, 9.17) is 0 Å². The number of para-hydroxylation sites is 1. The number of unbranched alkanes of at least 4 members (excludes halogenated alkanes) is 9. The number of carbonyl (C=O) groups is 1. The average Bonchev–Trinajstić information content (AvgIpc) is 2.70. The summed E-state index contributed by atoms with van der Waals surface area (Å²) in [5.41, 5.74) is 0.461. The fourth-order valence-electron chi connectivity index (χ4n) is 4.05. The standard InChI is InChI=1S/C25H45N3O4S/c1-5-6-7-8-9-10-11-12-13-17-20-27(24(21-25(29)30)22-28(2,3)4)33(31,32)26-23-18-15-14-16-19-23/h14-16,18-19,24,26H,5-13,17,20-22H2,1-4H3. The SMILES string of the molecule is CCCCCCCCCCCCN(C(CC(=O)[O-])C[N+](C)(C)C)S(=O)(=O)Nc1ccccc1. The molecule has 0 saturated heterocycles. The molecule has 1 atom stereocenters. The summed E-state index contributed by atoms with van der Waals surface area (Å²) in [6.07, 6.45) is 11.2. The number of nitrogens with zero attached hydrogens (tertiary/aromatic N) is 2. The van der Waals surface area contributed by atoms with Gasteiger partial charge < -0.3 is 14.4 Å². The number of carboxylic acid groups (broad SMARTS) is 1. The highest BCUT2D eigenvalue weighted by Crippen LogP contribution is 2.19. The van der Waals surface area contributed by atoms with Crippen molar-refractivity contribution in [2.24, 2.45) is 0 Å². The predicted molar refractivity (Wildman–Crippen MR) is 134 cm³/mol. The van der Waals surface area contributed by atoms with Gasteiger partial charge in [0.25, 0.3) is 0 Å². The molecule has 33 heavy (non-hydrogen) atoms. The number of anilines is 1. The minimum atomic E-state index is -3.92. The largest absolute Gasteiger partial charge is 0.550 e. The molecule has 0 aliphatic rings. The molecule has 0 bridgehead atoms. The van der Waals surface area contributed by atoms with Crippen molar-refractivity contribution in [3.63, 3.8) is 0 Å². The van der Waals surface area contributed by atoms with E-state index in [9.17, 15) is 18.3 Å². The van der Waals surface area contributed by atoms with Crippen LogP contribution in [0, 0.1) is 0 Å². The van der Waals surface area contributed by atoms with Crippen LogP contribution in [-0.2, 0) is 15.0 Å². The summed E-state index contributed by atoms with van der Waals surface area (Å²) in [6.45, 7) is 2.88. The van der Waals surface area contributed by atoms with Crippen LogP contribution in [0.1, 0.15) is 77.6 Å². The van der Waals surface area contributed by atoms with Gasteiger partial charge in [-0.1, -0.05) is 82.9 Å². The van der Waals surface area contributed by atoms with Crippen LogP contribution in [0.5, 0.6) is 0 Å². The van der Waals surface area contributed by atoms with Crippen molar-refractivity contribution in [3.8, 4) is 0 Å². The van der Waals surface area contributed by atoms with Crippen LogP contribution >= 0.6 is 0 Å². The molecule has 0 spiro atoms. The maximum atomic E-state index is 13.3. The molecule has 1 aromatic carbocycles. The Labute approximate surface area is 201 Å². The van der Waals surface area contributed by atoms with Crippen LogP contribution in [0.2, 0.25) is 0 Å². The zero-order valence-electron chi connectivity index (χ0n) is 21.1. The third-order valence-electron chi connectivity index (χ3n) is 5.63. The second-order valence-corrected chi connectivity index (χ2v) is 11.6. The highest BCUT2D eigenvalue weighted by atomic mass is 32.2. The van der Waals surface area contributed by atoms with Gasteiger partial charge in [0.15, 0.2) is 0 Å². The fourth-order valence-corrected chi connectivity index (χ4v) is 5.50. The molecule has 7 nitrogen and oxygen atoms in total. The van der Waals surface area contributed by atoms with Gasteiger partial charge in [-0.05, 0) is 18.6 Å². The van der Waals surface area contributed by atoms with E-state index in [1.54, 1.807) is 24.3 Å². The topological polar surface area (TPSA) is 89.5 Å². The van der Waals surface area contributed by atoms with E-state index in [1.807, 2.05) is 27.2 Å². The molecule has 0 aliphatic carbocycles. The minimum absolute atomic E-state index is 0.288. The molecule has 1 aromatic rings. The fraction of sp³-hybridized carbons (Fsp3) is 0.720. The molecular weight excluding hydrogens is 438 g/mol. The summed E-state index contributed by atoms with van der Waals surface area (Å²) in [4.78, 5) is 11.5. The van der Waals surface area contributed by atoms with Crippen LogP contribution < -0.4 is 9.83 Å². The van der Waals surface area contributed by atoms with Crippen LogP contribution in [0.25, 0.3) is 0 Å². The van der Waals surface area contributed by atoms with Gasteiger partial charge in [0.1, 0.15) is 0 Å². The molecule has 8 heteroatoms. The lowest BCUT2D eigenvalue weighted by Gasteiger charge is -2.36. The van der Waals surface area contributed by atoms with Crippen molar-refractivity contribution in [1.82, 2.24) is 4.31 Å². The van der Waals surface area contributed by atoms with Gasteiger partial charge in [0.05, 0.1) is 33.7 Å². The first-order valence-electron chi connectivity index (χ1n) is 12.4. The molecule has 0 heterocycles. The Morgan fingerprint density at radius 3 is 1.94 bits per heavy atom. The van der Waals surface area contributed by atoms with E-state index >= 15 is 0 Å². The first-order valence-corrected chi connectivity index (χ1v) is 13.8. The third-order valence-corrected chi connectivity index (χ3v) is 7.22. The first kappa shape index (κ1) is 29.4. The van der Waals surface area contributed by atoms with Crippen LogP contribution in [0.15, 0.2) is 30.3 Å². The van der Waals surface area contributed by atoms with Crippen LogP contribution in [-0.4, -0.2) is 63.4 Å². The minimum Gasteiger partial charge on any atom is -0.550 e. The van der Waals surface area contributed by atoms with Crippen LogP contribution in [0.4, 0.5) is 5.69 Å². The van der Waals surface area contributed by atoms with Crippen molar-refractivity contribution in [3.05, 3.63) is 30.3 Å². The summed E-state index contributed by atoms with van der Waals surface area (Å²) in [6, 6.07) is 8.02. The summed E-state index contributed by atoms with van der Waals surface area (Å²) in [5, 5.41) is 11.5. The summed E-state index contributed by atoms with van der Waals surface area (Å²) < 4.78 is 31.0. The Balaban J connectivity index is 2.77. The van der Waals surface area contributed by atoms with E-state index in [0.717, 1.165) is 19.3 Å². The first-order chi connectivity index (χ1) is 15.5. The lowest BCUT2D eigenvalue weighted by Crippen LogP contribution is -2.54. The third kappa shape index (κ3) is 13.6. The van der Waals surface area contributed by atoms with Crippen molar-refractivity contribution >= 4 is 21.9 Å². The Morgan fingerprint density at radius 1 is 0.939 bits per heavy atom. The maximum Gasteiger partial charge on any atom is 0.302 e. The molecule has 1 rings (SSSR count). The average molecular weight is 484 g/mol. The number of rotatable bonds is 19. The zero-order valence-corrected chi connectivity index (χ0v) is 21.9. The molecule has 0 radical (unpaired) electrons. The molecule has 190 valence electrons. The lowest BCUT2D eigenvalue weighted by molar-refractivity contribution is -0.872. The Kier molecular flexibility index (Phi) is 13.6. The molecule has 0 aliphatic heterocycles. The highest BCUT2D eigenvalue weighted by Gasteiger charge is 2.33. The summed E-state index contributed by atoms with van der Waals surface area (Å²) >= 11 is 0. The van der Waals surface area contributed by atoms with E-state index in [1.165, 1.54) is 42.8 Å². The van der Waals surface area contributed by atoms with Gasteiger partial charge in [-0.2, -0.15) is 12.7 Å². The van der Waals surface area contributed by atoms with Crippen molar-refractivity contribution in [2.75, 3.05) is 39.0 Å². The molecule has 0 fully saturated rings. The quantitative estimate of drug-likeness (QED) is 0.239. The van der Waals surface area contributed by atoms with Gasteiger partial charge in [-0.25, -0.2) is 0 Å². The van der Waals surface area contributed by atoms with E-state index in [2.05, 4.69) is 11.6 Å². The van der Waals surface area contributed by atoms with Gasteiger partial charge in [0, 0.05) is 24.6 Å². The Hall–Kier alpha value is -1.64. The Bertz CT molecular complexity index is 764. The van der Waals surface area contributed by atoms with Gasteiger partial charge in [0.2, 0.25) is 0 Å². The number of benzene rings is 1. The number of nitrogens with one attached hydrogen (secondary N) is 1. The lowest BCUT2D eigenvalue weighted by atomic mass is 10.1. The highest BCUT2D eigenvalue weighted by molar-refractivity contribution is 7.90. The number of hydrogen-bond donors (Lipinski definition) is 1. The van der Waals surface area contributed by atoms with E-state index in [0.29, 0.717) is 23.1 Å². The molecule has 1 unspecified atom stereocenters. The van der Waals surface area contributed by atoms with E-state index in [-0.39, 0.29) is 13.0 Å². The second kappa shape index (κ2) is 15.3. The normalized spacial score (nSPS) is 13.2. The molecule has 0 aromatic heterocycles. The monoisotopic (exact) mass is 483 g/mol. The number of carboxylic acids is 1. The predicted octanol–water partition coefficient (Wildman–Crippen LogP) is 3.78. The number of aliphatic carboxylic acids is 1. The summed E-state index contributed by atoms with van der Waals surface area (Å²) in [5.74, 6) is -1.24.